The van der Waals surface area contributed by atoms with E-state index < -0.39 is 28.9 Å². The van der Waals surface area contributed by atoms with Gasteiger partial charge in [-0.25, -0.2) is 13.6 Å². The molecule has 0 spiro atoms. The van der Waals surface area contributed by atoms with E-state index in [1.54, 1.807) is 13.2 Å². The SMILES string of the molecule is CCOC(=O)/C(C(=NC1CC1)SC)=C(\O)c1cc(F)c(Br)cc1F. The fourth-order valence-electron chi connectivity index (χ4n) is 1.92. The number of nitrogens with zero attached hydrogens (tertiary/aromatic N) is 1. The number of hydrogen-bond donors (Lipinski definition) is 1. The monoisotopic (exact) mass is 419 g/mol. The number of aliphatic hydroxyl groups is 1. The van der Waals surface area contributed by atoms with Crippen LogP contribution in [-0.2, 0) is 9.53 Å². The second kappa shape index (κ2) is 8.11. The molecule has 1 aliphatic carbocycles. The molecule has 0 heterocycles. The van der Waals surface area contributed by atoms with E-state index in [0.717, 1.165) is 36.7 Å². The van der Waals surface area contributed by atoms with Crippen LogP contribution < -0.4 is 0 Å². The third kappa shape index (κ3) is 4.36. The lowest BCUT2D eigenvalue weighted by atomic mass is 10.1. The van der Waals surface area contributed by atoms with Crippen molar-refractivity contribution in [3.63, 3.8) is 0 Å². The van der Waals surface area contributed by atoms with E-state index in [1.165, 1.54) is 0 Å². The zero-order valence-electron chi connectivity index (χ0n) is 13.1. The number of benzene rings is 1. The van der Waals surface area contributed by atoms with E-state index in [-0.39, 0.29) is 27.7 Å². The Morgan fingerprint density at radius 2 is 2.08 bits per heavy atom. The first-order valence-corrected chi connectivity index (χ1v) is 9.28. The van der Waals surface area contributed by atoms with Crippen LogP contribution in [-0.4, -0.2) is 35.0 Å². The number of thioether (sulfide) groups is 1. The predicted molar refractivity (Wildman–Crippen MR) is 94.2 cm³/mol. The molecule has 1 aromatic rings. The number of rotatable bonds is 5. The molecule has 4 nitrogen and oxygen atoms in total. The van der Waals surface area contributed by atoms with Crippen LogP contribution in [0.3, 0.4) is 0 Å². The average Bonchev–Trinajstić information content (AvgIpc) is 3.34. The Labute approximate surface area is 151 Å². The summed E-state index contributed by atoms with van der Waals surface area (Å²) >= 11 is 4.01. The lowest BCUT2D eigenvalue weighted by Crippen LogP contribution is -2.17. The van der Waals surface area contributed by atoms with Gasteiger partial charge < -0.3 is 9.84 Å². The number of carbonyl (C=O) groups excluding carboxylic acids is 1. The third-order valence-corrected chi connectivity index (χ3v) is 4.54. The standard InChI is InChI=1S/C16H16BrF2NO3S/c1-3-23-16(22)13(15(24-2)20-8-4-5-8)14(21)9-6-12(19)10(17)7-11(9)18/h6-8,21H,3-5H2,1-2H3/b14-13-,20-15?. The first-order valence-electron chi connectivity index (χ1n) is 7.26. The number of aliphatic imine (C=N–C) groups is 1. The van der Waals surface area contributed by atoms with Gasteiger partial charge >= 0.3 is 5.97 Å². The molecule has 1 saturated carbocycles. The van der Waals surface area contributed by atoms with Crippen molar-refractivity contribution >= 4 is 44.5 Å². The summed E-state index contributed by atoms with van der Waals surface area (Å²) in [5.74, 6) is -3.14. The summed E-state index contributed by atoms with van der Waals surface area (Å²) in [5.41, 5.74) is -0.673. The first-order chi connectivity index (χ1) is 11.4. The van der Waals surface area contributed by atoms with Gasteiger partial charge in [-0.3, -0.25) is 4.99 Å². The van der Waals surface area contributed by atoms with Gasteiger partial charge in [-0.2, -0.15) is 0 Å². The fraction of sp³-hybridized carbons (Fsp3) is 0.375. The van der Waals surface area contributed by atoms with Gasteiger partial charge in [0, 0.05) is 0 Å². The number of halogens is 3. The van der Waals surface area contributed by atoms with Crippen LogP contribution in [0.2, 0.25) is 0 Å². The highest BCUT2D eigenvalue weighted by molar-refractivity contribution is 9.10. The van der Waals surface area contributed by atoms with Gasteiger partial charge in [0.05, 0.1) is 22.7 Å². The Morgan fingerprint density at radius 3 is 2.62 bits per heavy atom. The Hall–Kier alpha value is -1.41. The lowest BCUT2D eigenvalue weighted by molar-refractivity contribution is -0.137. The van der Waals surface area contributed by atoms with Crippen molar-refractivity contribution in [1.29, 1.82) is 0 Å². The molecule has 1 fully saturated rings. The van der Waals surface area contributed by atoms with Gasteiger partial charge in [-0.05, 0) is 54.1 Å². The summed E-state index contributed by atoms with van der Waals surface area (Å²) in [4.78, 5) is 16.6. The van der Waals surface area contributed by atoms with Crippen LogP contribution in [0.1, 0.15) is 25.3 Å². The average molecular weight is 420 g/mol. The second-order valence-corrected chi connectivity index (χ2v) is 6.71. The van der Waals surface area contributed by atoms with E-state index >= 15 is 0 Å². The molecule has 130 valence electrons. The number of carbonyl (C=O) groups is 1. The zero-order valence-corrected chi connectivity index (χ0v) is 15.5. The summed E-state index contributed by atoms with van der Waals surface area (Å²) < 4.78 is 32.8. The maximum absolute atomic E-state index is 14.1. The van der Waals surface area contributed by atoms with E-state index in [2.05, 4.69) is 20.9 Å². The molecule has 2 rings (SSSR count). The van der Waals surface area contributed by atoms with Crippen molar-refractivity contribution in [2.45, 2.75) is 25.8 Å². The molecule has 0 atom stereocenters. The zero-order chi connectivity index (χ0) is 17.9. The van der Waals surface area contributed by atoms with Gasteiger partial charge in [0.25, 0.3) is 0 Å². The lowest BCUT2D eigenvalue weighted by Gasteiger charge is -2.12. The Balaban J connectivity index is 2.60. The van der Waals surface area contributed by atoms with E-state index in [9.17, 15) is 18.7 Å². The van der Waals surface area contributed by atoms with Gasteiger partial charge in [-0.1, -0.05) is 0 Å². The van der Waals surface area contributed by atoms with Crippen LogP contribution in [0.25, 0.3) is 5.76 Å². The molecule has 8 heteroatoms. The van der Waals surface area contributed by atoms with E-state index in [0.29, 0.717) is 0 Å². The molecular formula is C16H16BrF2NO3S. The Kier molecular flexibility index (Phi) is 6.40. The molecular weight excluding hydrogens is 404 g/mol. The number of hydrogen-bond acceptors (Lipinski definition) is 5. The molecule has 0 radical (unpaired) electrons. The molecule has 0 amide bonds. The molecule has 0 saturated heterocycles. The van der Waals surface area contributed by atoms with Crippen LogP contribution in [0.15, 0.2) is 27.2 Å². The molecule has 24 heavy (non-hydrogen) atoms. The number of esters is 1. The third-order valence-electron chi connectivity index (χ3n) is 3.24. The second-order valence-electron chi connectivity index (χ2n) is 5.06. The number of ether oxygens (including phenoxy) is 1. The van der Waals surface area contributed by atoms with Crippen molar-refractivity contribution in [2.24, 2.45) is 4.99 Å². The molecule has 1 aliphatic rings. The Morgan fingerprint density at radius 1 is 1.42 bits per heavy atom. The van der Waals surface area contributed by atoms with Crippen LogP contribution in [0.4, 0.5) is 8.78 Å². The van der Waals surface area contributed by atoms with E-state index in [1.807, 2.05) is 0 Å². The summed E-state index contributed by atoms with van der Waals surface area (Å²) in [7, 11) is 0. The topological polar surface area (TPSA) is 58.9 Å². The van der Waals surface area contributed by atoms with Crippen LogP contribution in [0.5, 0.6) is 0 Å². The summed E-state index contributed by atoms with van der Waals surface area (Å²) in [6, 6.07) is 1.79. The minimum absolute atomic E-state index is 0.0778. The highest BCUT2D eigenvalue weighted by Crippen LogP contribution is 2.31. The highest BCUT2D eigenvalue weighted by atomic mass is 79.9. The van der Waals surface area contributed by atoms with Crippen molar-refractivity contribution < 1.29 is 23.4 Å². The molecule has 0 unspecified atom stereocenters. The first kappa shape index (κ1) is 18.9. The van der Waals surface area contributed by atoms with Gasteiger partial charge in [-0.15, -0.1) is 11.8 Å². The van der Waals surface area contributed by atoms with Gasteiger partial charge in [0.2, 0.25) is 0 Å². The predicted octanol–water partition coefficient (Wildman–Crippen LogP) is 4.48. The summed E-state index contributed by atoms with van der Waals surface area (Å²) in [5, 5.41) is 10.7. The molecule has 0 aliphatic heterocycles. The molecule has 1 N–H and O–H groups in total. The Bertz CT molecular complexity index is 718. The van der Waals surface area contributed by atoms with Gasteiger partial charge in [0.1, 0.15) is 28.0 Å². The minimum Gasteiger partial charge on any atom is -0.506 e. The van der Waals surface area contributed by atoms with Crippen molar-refractivity contribution in [3.05, 3.63) is 39.4 Å². The maximum Gasteiger partial charge on any atom is 0.344 e. The normalized spacial score (nSPS) is 16.0. The van der Waals surface area contributed by atoms with Crippen molar-refractivity contribution in [1.82, 2.24) is 0 Å². The largest absolute Gasteiger partial charge is 0.506 e. The molecule has 0 aromatic heterocycles. The van der Waals surface area contributed by atoms with Crippen molar-refractivity contribution in [2.75, 3.05) is 12.9 Å². The molecule has 1 aromatic carbocycles. The summed E-state index contributed by atoms with van der Waals surface area (Å²) in [6.45, 7) is 1.70. The quantitative estimate of drug-likeness (QED) is 0.191. The van der Waals surface area contributed by atoms with Crippen LogP contribution >= 0.6 is 27.7 Å². The number of aliphatic hydroxyl groups excluding tert-OH is 1. The van der Waals surface area contributed by atoms with E-state index in [4.69, 9.17) is 4.74 Å². The van der Waals surface area contributed by atoms with Crippen LogP contribution in [0, 0.1) is 11.6 Å². The molecule has 0 bridgehead atoms. The van der Waals surface area contributed by atoms with Crippen molar-refractivity contribution in [3.8, 4) is 0 Å². The highest BCUT2D eigenvalue weighted by Gasteiger charge is 2.29. The maximum atomic E-state index is 14.1. The smallest absolute Gasteiger partial charge is 0.344 e. The summed E-state index contributed by atoms with van der Waals surface area (Å²) in [6.07, 6.45) is 3.47. The minimum atomic E-state index is -0.866. The fourth-order valence-corrected chi connectivity index (χ4v) is 2.87. The van der Waals surface area contributed by atoms with Gasteiger partial charge in [0.15, 0.2) is 0 Å².